The van der Waals surface area contributed by atoms with E-state index in [1.54, 1.807) is 7.11 Å². The lowest BCUT2D eigenvalue weighted by Crippen LogP contribution is -2.48. The van der Waals surface area contributed by atoms with Gasteiger partial charge in [0, 0.05) is 12.1 Å². The minimum Gasteiger partial charge on any atom is -0.497 e. The van der Waals surface area contributed by atoms with Crippen molar-refractivity contribution in [2.75, 3.05) is 20.2 Å². The second kappa shape index (κ2) is 6.37. The van der Waals surface area contributed by atoms with Gasteiger partial charge in [-0.2, -0.15) is 0 Å². The zero-order chi connectivity index (χ0) is 14.7. The van der Waals surface area contributed by atoms with E-state index >= 15 is 0 Å². The van der Waals surface area contributed by atoms with Gasteiger partial charge in [-0.3, -0.25) is 0 Å². The van der Waals surface area contributed by atoms with E-state index in [4.69, 9.17) is 4.74 Å². The summed E-state index contributed by atoms with van der Waals surface area (Å²) >= 11 is 0. The van der Waals surface area contributed by atoms with Crippen LogP contribution in [0.3, 0.4) is 0 Å². The summed E-state index contributed by atoms with van der Waals surface area (Å²) in [6.07, 6.45) is 6.79. The van der Waals surface area contributed by atoms with Crippen LogP contribution in [0, 0.1) is 5.41 Å². The van der Waals surface area contributed by atoms with E-state index in [2.05, 4.69) is 41.8 Å². The summed E-state index contributed by atoms with van der Waals surface area (Å²) in [4.78, 5) is 0. The van der Waals surface area contributed by atoms with Crippen molar-refractivity contribution < 1.29 is 4.74 Å². The third-order valence-corrected chi connectivity index (χ3v) is 5.57. The van der Waals surface area contributed by atoms with Crippen molar-refractivity contribution >= 4 is 0 Å². The Morgan fingerprint density at radius 3 is 2.57 bits per heavy atom. The van der Waals surface area contributed by atoms with Crippen molar-refractivity contribution in [2.24, 2.45) is 5.41 Å². The first kappa shape index (κ1) is 14.9. The number of hydrogen-bond acceptors (Lipinski definition) is 3. The summed E-state index contributed by atoms with van der Waals surface area (Å²) in [5.74, 6) is 0.932. The van der Waals surface area contributed by atoms with Crippen LogP contribution in [0.25, 0.3) is 0 Å². The van der Waals surface area contributed by atoms with Crippen LogP contribution in [0.4, 0.5) is 0 Å². The highest BCUT2D eigenvalue weighted by Gasteiger charge is 2.43. The zero-order valence-corrected chi connectivity index (χ0v) is 13.3. The van der Waals surface area contributed by atoms with Gasteiger partial charge in [0.25, 0.3) is 0 Å². The molecule has 116 valence electrons. The van der Waals surface area contributed by atoms with Gasteiger partial charge in [-0.1, -0.05) is 18.6 Å². The highest BCUT2D eigenvalue weighted by Crippen LogP contribution is 2.45. The molecule has 1 aliphatic heterocycles. The molecule has 0 amide bonds. The predicted molar refractivity (Wildman–Crippen MR) is 86.7 cm³/mol. The molecule has 0 aromatic heterocycles. The van der Waals surface area contributed by atoms with Crippen molar-refractivity contribution in [3.05, 3.63) is 29.8 Å². The molecule has 3 nitrogen and oxygen atoms in total. The molecule has 0 bridgehead atoms. The van der Waals surface area contributed by atoms with Crippen LogP contribution >= 0.6 is 0 Å². The molecule has 2 atom stereocenters. The number of methoxy groups -OCH3 is 1. The van der Waals surface area contributed by atoms with Gasteiger partial charge >= 0.3 is 0 Å². The van der Waals surface area contributed by atoms with E-state index in [0.29, 0.717) is 17.5 Å². The molecular formula is C18H28N2O. The molecule has 2 fully saturated rings. The molecule has 21 heavy (non-hydrogen) atoms. The van der Waals surface area contributed by atoms with E-state index in [1.807, 2.05) is 0 Å². The molecule has 1 aliphatic carbocycles. The Morgan fingerprint density at radius 2 is 1.90 bits per heavy atom. The average Bonchev–Trinajstić information content (AvgIpc) is 2.90. The van der Waals surface area contributed by atoms with Crippen LogP contribution in [0.15, 0.2) is 24.3 Å². The molecule has 1 saturated heterocycles. The van der Waals surface area contributed by atoms with E-state index < -0.39 is 0 Å². The predicted octanol–water partition coefficient (Wildman–Crippen LogP) is 3.27. The number of piperidine rings is 1. The standard InChI is InChI=1S/C18H28N2O/c1-14(15-5-7-16(21-2)8-6-15)20-17-4-3-9-18(17)10-12-19-13-11-18/h5-8,14,17,19-20H,3-4,9-13H2,1-2H3/t14-,17?/m0/s1. The van der Waals surface area contributed by atoms with Gasteiger partial charge in [-0.15, -0.1) is 0 Å². The lowest BCUT2D eigenvalue weighted by Gasteiger charge is -2.41. The molecular weight excluding hydrogens is 260 g/mol. The van der Waals surface area contributed by atoms with E-state index in [9.17, 15) is 0 Å². The lowest BCUT2D eigenvalue weighted by molar-refractivity contribution is 0.152. The Morgan fingerprint density at radius 1 is 1.19 bits per heavy atom. The number of rotatable bonds is 4. The number of ether oxygens (including phenoxy) is 1. The molecule has 1 heterocycles. The Labute approximate surface area is 128 Å². The van der Waals surface area contributed by atoms with Crippen LogP contribution < -0.4 is 15.4 Å². The normalized spacial score (nSPS) is 25.9. The van der Waals surface area contributed by atoms with Gasteiger partial charge in [0.1, 0.15) is 5.75 Å². The number of benzene rings is 1. The van der Waals surface area contributed by atoms with Crippen molar-refractivity contribution in [1.29, 1.82) is 0 Å². The summed E-state index contributed by atoms with van der Waals surface area (Å²) in [6, 6.07) is 9.56. The summed E-state index contributed by atoms with van der Waals surface area (Å²) < 4.78 is 5.25. The Bertz CT molecular complexity index is 451. The summed E-state index contributed by atoms with van der Waals surface area (Å²) in [7, 11) is 1.72. The second-order valence-electron chi connectivity index (χ2n) is 6.72. The van der Waals surface area contributed by atoms with E-state index in [0.717, 1.165) is 5.75 Å². The maximum Gasteiger partial charge on any atom is 0.118 e. The van der Waals surface area contributed by atoms with Gasteiger partial charge in [-0.25, -0.2) is 0 Å². The molecule has 1 spiro atoms. The Kier molecular flexibility index (Phi) is 4.51. The van der Waals surface area contributed by atoms with E-state index in [1.165, 1.54) is 50.8 Å². The summed E-state index contributed by atoms with van der Waals surface area (Å²) in [5, 5.41) is 7.44. The molecule has 1 saturated carbocycles. The van der Waals surface area contributed by atoms with Gasteiger partial charge in [0.05, 0.1) is 7.11 Å². The third-order valence-electron chi connectivity index (χ3n) is 5.57. The fourth-order valence-electron chi connectivity index (χ4n) is 4.21. The highest BCUT2D eigenvalue weighted by atomic mass is 16.5. The van der Waals surface area contributed by atoms with Gasteiger partial charge in [0.15, 0.2) is 0 Å². The van der Waals surface area contributed by atoms with Crippen LogP contribution in [0.5, 0.6) is 5.75 Å². The average molecular weight is 288 g/mol. The van der Waals surface area contributed by atoms with Gasteiger partial charge < -0.3 is 15.4 Å². The monoisotopic (exact) mass is 288 g/mol. The first-order valence-corrected chi connectivity index (χ1v) is 8.34. The maximum atomic E-state index is 5.25. The highest BCUT2D eigenvalue weighted by molar-refractivity contribution is 5.29. The number of nitrogens with one attached hydrogen (secondary N) is 2. The van der Waals surface area contributed by atoms with Crippen molar-refractivity contribution in [1.82, 2.24) is 10.6 Å². The Hall–Kier alpha value is -1.06. The molecule has 1 unspecified atom stereocenters. The van der Waals surface area contributed by atoms with Crippen molar-refractivity contribution in [3.63, 3.8) is 0 Å². The smallest absolute Gasteiger partial charge is 0.118 e. The minimum atomic E-state index is 0.408. The number of hydrogen-bond donors (Lipinski definition) is 2. The molecule has 3 rings (SSSR count). The van der Waals surface area contributed by atoms with Gasteiger partial charge in [-0.05, 0) is 68.8 Å². The maximum absolute atomic E-state index is 5.25. The Balaban J connectivity index is 1.66. The molecule has 2 aliphatic rings. The third kappa shape index (κ3) is 3.09. The van der Waals surface area contributed by atoms with Crippen molar-refractivity contribution in [3.8, 4) is 5.75 Å². The molecule has 3 heteroatoms. The fraction of sp³-hybridized carbons (Fsp3) is 0.667. The van der Waals surface area contributed by atoms with Gasteiger partial charge in [0.2, 0.25) is 0 Å². The molecule has 1 aromatic rings. The minimum absolute atomic E-state index is 0.408. The quantitative estimate of drug-likeness (QED) is 0.892. The summed E-state index contributed by atoms with van der Waals surface area (Å²) in [6.45, 7) is 4.67. The second-order valence-corrected chi connectivity index (χ2v) is 6.72. The largest absolute Gasteiger partial charge is 0.497 e. The zero-order valence-electron chi connectivity index (χ0n) is 13.3. The topological polar surface area (TPSA) is 33.3 Å². The van der Waals surface area contributed by atoms with E-state index in [-0.39, 0.29) is 0 Å². The first-order valence-electron chi connectivity index (χ1n) is 8.34. The van der Waals surface area contributed by atoms with Crippen molar-refractivity contribution in [2.45, 2.75) is 51.1 Å². The first-order chi connectivity index (χ1) is 10.2. The summed E-state index contributed by atoms with van der Waals surface area (Å²) in [5.41, 5.74) is 1.90. The molecule has 0 radical (unpaired) electrons. The van der Waals surface area contributed by atoms with Crippen LogP contribution in [-0.4, -0.2) is 26.2 Å². The van der Waals surface area contributed by atoms with Crippen LogP contribution in [-0.2, 0) is 0 Å². The molecule has 1 aromatic carbocycles. The SMILES string of the molecule is COc1ccc([C@H](C)NC2CCCC23CCNCC3)cc1. The fourth-order valence-corrected chi connectivity index (χ4v) is 4.21. The molecule has 2 N–H and O–H groups in total. The van der Waals surface area contributed by atoms with Crippen LogP contribution in [0.2, 0.25) is 0 Å². The van der Waals surface area contributed by atoms with Crippen LogP contribution in [0.1, 0.15) is 50.6 Å². The lowest BCUT2D eigenvalue weighted by atomic mass is 9.74.